The second-order valence-electron chi connectivity index (χ2n) is 3.63. The van der Waals surface area contributed by atoms with E-state index in [1.54, 1.807) is 0 Å². The number of alkyl halides is 1. The summed E-state index contributed by atoms with van der Waals surface area (Å²) in [6, 6.07) is 0. The average molecular weight is 223 g/mol. The van der Waals surface area contributed by atoms with Crippen molar-refractivity contribution in [2.75, 3.05) is 18.2 Å². The van der Waals surface area contributed by atoms with Crippen molar-refractivity contribution in [3.63, 3.8) is 0 Å². The summed E-state index contributed by atoms with van der Waals surface area (Å²) in [6.07, 6.45) is 2.31. The number of halogens is 1. The Morgan fingerprint density at radius 2 is 2.46 bits per heavy atom. The minimum absolute atomic E-state index is 0.0998. The summed E-state index contributed by atoms with van der Waals surface area (Å²) in [5.41, 5.74) is 0. The van der Waals surface area contributed by atoms with Crippen molar-refractivity contribution in [1.82, 2.24) is 0 Å². The smallest absolute Gasteiger partial charge is 0.180 e. The minimum Gasteiger partial charge on any atom is -0.346 e. The van der Waals surface area contributed by atoms with Crippen LogP contribution >= 0.6 is 23.4 Å². The van der Waals surface area contributed by atoms with E-state index in [2.05, 4.69) is 6.92 Å². The third kappa shape index (κ3) is 1.84. The van der Waals surface area contributed by atoms with Crippen LogP contribution in [0.5, 0.6) is 0 Å². The molecule has 13 heavy (non-hydrogen) atoms. The number of thioether (sulfide) groups is 1. The van der Waals surface area contributed by atoms with Gasteiger partial charge in [0.2, 0.25) is 0 Å². The molecule has 0 bridgehead atoms. The normalized spacial score (nSPS) is 45.7. The molecule has 0 amide bonds. The number of hydrogen-bond donors (Lipinski definition) is 0. The molecule has 2 nitrogen and oxygen atoms in total. The van der Waals surface area contributed by atoms with Crippen LogP contribution in [0.3, 0.4) is 0 Å². The van der Waals surface area contributed by atoms with E-state index in [9.17, 15) is 0 Å². The van der Waals surface area contributed by atoms with E-state index in [4.69, 9.17) is 21.1 Å². The molecule has 0 aliphatic carbocycles. The van der Waals surface area contributed by atoms with Gasteiger partial charge in [-0.25, -0.2) is 0 Å². The summed E-state index contributed by atoms with van der Waals surface area (Å²) in [5.74, 6) is 1.45. The van der Waals surface area contributed by atoms with E-state index in [1.807, 2.05) is 11.8 Å². The molecular formula is C9H15ClO2S. The van der Waals surface area contributed by atoms with Crippen LogP contribution < -0.4 is 0 Å². The predicted octanol–water partition coefficient (Wildman–Crippen LogP) is 2.25. The molecule has 2 saturated heterocycles. The van der Waals surface area contributed by atoms with Crippen LogP contribution in [0, 0.1) is 0 Å². The van der Waals surface area contributed by atoms with Crippen LogP contribution in [0.25, 0.3) is 0 Å². The summed E-state index contributed by atoms with van der Waals surface area (Å²) >= 11 is 7.68. The molecule has 0 radical (unpaired) electrons. The van der Waals surface area contributed by atoms with E-state index in [0.717, 1.165) is 6.42 Å². The van der Waals surface area contributed by atoms with E-state index < -0.39 is 0 Å². The van der Waals surface area contributed by atoms with Gasteiger partial charge in [0.1, 0.15) is 0 Å². The van der Waals surface area contributed by atoms with Crippen molar-refractivity contribution in [1.29, 1.82) is 0 Å². The molecule has 0 aromatic rings. The maximum atomic E-state index is 5.88. The quantitative estimate of drug-likeness (QED) is 0.635. The molecule has 76 valence electrons. The fourth-order valence-corrected chi connectivity index (χ4v) is 3.23. The Morgan fingerprint density at radius 1 is 1.62 bits per heavy atom. The van der Waals surface area contributed by atoms with Crippen LogP contribution in [-0.2, 0) is 9.47 Å². The lowest BCUT2D eigenvalue weighted by Crippen LogP contribution is -2.43. The number of ether oxygens (including phenoxy) is 2. The summed E-state index contributed by atoms with van der Waals surface area (Å²) in [6.45, 7) is 2.84. The van der Waals surface area contributed by atoms with Crippen LogP contribution in [0.1, 0.15) is 19.8 Å². The zero-order valence-electron chi connectivity index (χ0n) is 7.79. The minimum atomic E-state index is -0.317. The largest absolute Gasteiger partial charge is 0.346 e. The van der Waals surface area contributed by atoms with Crippen molar-refractivity contribution >= 4 is 23.4 Å². The molecule has 2 fully saturated rings. The summed E-state index contributed by atoms with van der Waals surface area (Å²) in [7, 11) is 0. The van der Waals surface area contributed by atoms with Gasteiger partial charge < -0.3 is 9.47 Å². The second-order valence-corrected chi connectivity index (χ2v) is 5.39. The first-order chi connectivity index (χ1) is 6.27. The fourth-order valence-electron chi connectivity index (χ4n) is 1.91. The average Bonchev–Trinajstić information content (AvgIpc) is 2.56. The molecule has 0 aromatic heterocycles. The Labute approximate surface area is 88.3 Å². The molecule has 2 aliphatic heterocycles. The van der Waals surface area contributed by atoms with Crippen molar-refractivity contribution in [3.8, 4) is 0 Å². The zero-order valence-corrected chi connectivity index (χ0v) is 9.37. The number of rotatable bonds is 1. The highest BCUT2D eigenvalue weighted by molar-refractivity contribution is 8.00. The summed E-state index contributed by atoms with van der Waals surface area (Å²) < 4.78 is 11.6. The Kier molecular flexibility index (Phi) is 3.08. The van der Waals surface area contributed by atoms with E-state index in [1.165, 1.54) is 12.2 Å². The van der Waals surface area contributed by atoms with Gasteiger partial charge in [0.15, 0.2) is 5.79 Å². The lowest BCUT2D eigenvalue weighted by atomic mass is 10.1. The van der Waals surface area contributed by atoms with Gasteiger partial charge in [-0.2, -0.15) is 11.8 Å². The third-order valence-corrected chi connectivity index (χ3v) is 4.44. The molecule has 0 aromatic carbocycles. The van der Waals surface area contributed by atoms with Gasteiger partial charge in [0, 0.05) is 6.42 Å². The van der Waals surface area contributed by atoms with Gasteiger partial charge in [-0.05, 0) is 19.1 Å². The fraction of sp³-hybridized carbons (Fsp3) is 1.00. The molecule has 0 N–H and O–H groups in total. The SMILES string of the molecule is CC1SCCCC12OCC(CCl)O2. The second kappa shape index (κ2) is 3.97. The van der Waals surface area contributed by atoms with Crippen LogP contribution in [0.4, 0.5) is 0 Å². The van der Waals surface area contributed by atoms with E-state index in [-0.39, 0.29) is 11.9 Å². The first kappa shape index (κ1) is 10.1. The first-order valence-electron chi connectivity index (χ1n) is 4.76. The van der Waals surface area contributed by atoms with Crippen molar-refractivity contribution in [3.05, 3.63) is 0 Å². The highest BCUT2D eigenvalue weighted by Crippen LogP contribution is 2.41. The van der Waals surface area contributed by atoms with Gasteiger partial charge in [-0.15, -0.1) is 11.6 Å². The zero-order chi connectivity index (χ0) is 9.31. The maximum Gasteiger partial charge on any atom is 0.180 e. The molecule has 4 heteroatoms. The highest BCUT2D eigenvalue weighted by atomic mass is 35.5. The van der Waals surface area contributed by atoms with Crippen molar-refractivity contribution in [2.24, 2.45) is 0 Å². The molecule has 3 unspecified atom stereocenters. The van der Waals surface area contributed by atoms with Crippen molar-refractivity contribution in [2.45, 2.75) is 36.9 Å². The van der Waals surface area contributed by atoms with E-state index in [0.29, 0.717) is 17.7 Å². The van der Waals surface area contributed by atoms with Gasteiger partial charge in [-0.3, -0.25) is 0 Å². The highest BCUT2D eigenvalue weighted by Gasteiger charge is 2.47. The summed E-state index contributed by atoms with van der Waals surface area (Å²) in [5, 5.41) is 0.439. The maximum absolute atomic E-state index is 5.88. The van der Waals surface area contributed by atoms with Crippen LogP contribution in [-0.4, -0.2) is 35.4 Å². The molecule has 1 spiro atoms. The molecule has 0 saturated carbocycles. The topological polar surface area (TPSA) is 18.5 Å². The first-order valence-corrected chi connectivity index (χ1v) is 6.34. The Hall–Kier alpha value is 0.560. The van der Waals surface area contributed by atoms with E-state index >= 15 is 0 Å². The standard InChI is InChI=1S/C9H15ClO2S/c1-7-9(3-2-4-13-7)11-6-8(5-10)12-9/h7-8H,2-6H2,1H3. The lowest BCUT2D eigenvalue weighted by Gasteiger charge is -2.37. The lowest BCUT2D eigenvalue weighted by molar-refractivity contribution is -0.170. The molecule has 3 atom stereocenters. The van der Waals surface area contributed by atoms with Gasteiger partial charge >= 0.3 is 0 Å². The molecule has 2 heterocycles. The molecule has 2 aliphatic rings. The monoisotopic (exact) mass is 222 g/mol. The third-order valence-electron chi connectivity index (χ3n) is 2.71. The van der Waals surface area contributed by atoms with Gasteiger partial charge in [-0.1, -0.05) is 0 Å². The Balaban J connectivity index is 2.03. The molecule has 2 rings (SSSR count). The van der Waals surface area contributed by atoms with Gasteiger partial charge in [0.05, 0.1) is 23.8 Å². The Morgan fingerprint density at radius 3 is 3.08 bits per heavy atom. The van der Waals surface area contributed by atoms with Crippen molar-refractivity contribution < 1.29 is 9.47 Å². The molecular weight excluding hydrogens is 208 g/mol. The van der Waals surface area contributed by atoms with Crippen LogP contribution in [0.15, 0.2) is 0 Å². The Bertz CT molecular complexity index is 190. The summed E-state index contributed by atoms with van der Waals surface area (Å²) in [4.78, 5) is 0. The number of hydrogen-bond acceptors (Lipinski definition) is 3. The van der Waals surface area contributed by atoms with Gasteiger partial charge in [0.25, 0.3) is 0 Å². The van der Waals surface area contributed by atoms with Crippen LogP contribution in [0.2, 0.25) is 0 Å². The predicted molar refractivity (Wildman–Crippen MR) is 55.4 cm³/mol.